The van der Waals surface area contributed by atoms with Crippen molar-refractivity contribution in [2.24, 2.45) is 5.92 Å². The lowest BCUT2D eigenvalue weighted by Gasteiger charge is -2.29. The second-order valence-corrected chi connectivity index (χ2v) is 6.17. The van der Waals surface area contributed by atoms with Crippen LogP contribution in [0.1, 0.15) is 59.8 Å². The monoisotopic (exact) mass is 317 g/mol. The largest absolute Gasteiger partial charge is 0.300 e. The molecule has 1 fully saturated rings. The summed E-state index contributed by atoms with van der Waals surface area (Å²) in [6.45, 7) is 8.70. The van der Waals surface area contributed by atoms with E-state index < -0.39 is 5.92 Å². The van der Waals surface area contributed by atoms with Crippen LogP contribution in [-0.2, 0) is 0 Å². The molecule has 1 saturated heterocycles. The van der Waals surface area contributed by atoms with E-state index in [2.05, 4.69) is 4.90 Å². The van der Waals surface area contributed by atoms with E-state index in [1.54, 1.807) is 6.08 Å². The van der Waals surface area contributed by atoms with Crippen molar-refractivity contribution in [3.8, 4) is 0 Å². The first-order valence-corrected chi connectivity index (χ1v) is 8.56. The van der Waals surface area contributed by atoms with Gasteiger partial charge in [-0.25, -0.2) is 13.2 Å². The zero-order valence-corrected chi connectivity index (χ0v) is 14.3. The van der Waals surface area contributed by atoms with Gasteiger partial charge in [0.2, 0.25) is 5.92 Å². The minimum atomic E-state index is -2.60. The molecule has 1 aliphatic heterocycles. The number of halogens is 3. The van der Waals surface area contributed by atoms with Crippen LogP contribution < -0.4 is 0 Å². The van der Waals surface area contributed by atoms with Gasteiger partial charge in [-0.3, -0.25) is 4.90 Å². The summed E-state index contributed by atoms with van der Waals surface area (Å²) in [4.78, 5) is 2.19. The van der Waals surface area contributed by atoms with Gasteiger partial charge < -0.3 is 0 Å². The SMILES string of the molecule is CC.CCC(CC(C)(F)F)N1CCC(C2=CC=C(F)CC2)C1. The molecule has 22 heavy (non-hydrogen) atoms. The summed E-state index contributed by atoms with van der Waals surface area (Å²) in [6.07, 6.45) is 6.41. The van der Waals surface area contributed by atoms with Gasteiger partial charge in [-0.15, -0.1) is 0 Å². The molecule has 128 valence electrons. The van der Waals surface area contributed by atoms with Crippen LogP contribution in [0.2, 0.25) is 0 Å². The summed E-state index contributed by atoms with van der Waals surface area (Å²) in [5.74, 6) is -2.24. The topological polar surface area (TPSA) is 3.24 Å². The normalized spacial score (nSPS) is 24.2. The van der Waals surface area contributed by atoms with Gasteiger partial charge in [0, 0.05) is 25.4 Å². The number of likely N-dealkylation sites (tertiary alicyclic amines) is 1. The molecule has 2 atom stereocenters. The summed E-state index contributed by atoms with van der Waals surface area (Å²) in [5.41, 5.74) is 1.28. The van der Waals surface area contributed by atoms with E-state index in [9.17, 15) is 13.2 Å². The molecule has 0 bridgehead atoms. The van der Waals surface area contributed by atoms with Crippen molar-refractivity contribution >= 4 is 0 Å². The molecule has 0 amide bonds. The second-order valence-electron chi connectivity index (χ2n) is 6.17. The van der Waals surface area contributed by atoms with Crippen LogP contribution >= 0.6 is 0 Å². The molecular weight excluding hydrogens is 287 g/mol. The molecule has 1 heterocycles. The molecule has 0 spiro atoms. The summed E-state index contributed by atoms with van der Waals surface area (Å²) < 4.78 is 39.5. The molecule has 1 nitrogen and oxygen atoms in total. The summed E-state index contributed by atoms with van der Waals surface area (Å²) in [7, 11) is 0. The van der Waals surface area contributed by atoms with Gasteiger partial charge in [-0.1, -0.05) is 32.4 Å². The number of hydrogen-bond donors (Lipinski definition) is 0. The van der Waals surface area contributed by atoms with Crippen LogP contribution in [0.3, 0.4) is 0 Å². The Balaban J connectivity index is 0.00000116. The van der Waals surface area contributed by atoms with Gasteiger partial charge in [0.15, 0.2) is 0 Å². The molecule has 4 heteroatoms. The third-order valence-electron chi connectivity index (χ3n) is 4.46. The minimum absolute atomic E-state index is 0.0449. The number of nitrogens with zero attached hydrogens (tertiary/aromatic N) is 1. The van der Waals surface area contributed by atoms with Crippen molar-refractivity contribution < 1.29 is 13.2 Å². The summed E-state index contributed by atoms with van der Waals surface area (Å²) >= 11 is 0. The lowest BCUT2D eigenvalue weighted by atomic mass is 9.91. The van der Waals surface area contributed by atoms with Gasteiger partial charge >= 0.3 is 0 Å². The Morgan fingerprint density at radius 3 is 2.45 bits per heavy atom. The lowest BCUT2D eigenvalue weighted by molar-refractivity contribution is -0.0137. The quantitative estimate of drug-likeness (QED) is 0.625. The van der Waals surface area contributed by atoms with Gasteiger partial charge in [-0.2, -0.15) is 0 Å². The highest BCUT2D eigenvalue weighted by Gasteiger charge is 2.34. The Morgan fingerprint density at radius 2 is 1.95 bits per heavy atom. The fourth-order valence-corrected chi connectivity index (χ4v) is 3.34. The van der Waals surface area contributed by atoms with Gasteiger partial charge in [-0.05, 0) is 44.7 Å². The average Bonchev–Trinajstić information content (AvgIpc) is 2.96. The van der Waals surface area contributed by atoms with E-state index in [-0.39, 0.29) is 18.3 Å². The van der Waals surface area contributed by atoms with E-state index in [1.165, 1.54) is 5.57 Å². The second kappa shape index (κ2) is 8.76. The zero-order valence-electron chi connectivity index (χ0n) is 14.3. The van der Waals surface area contributed by atoms with Crippen LogP contribution in [0.4, 0.5) is 13.2 Å². The molecular formula is C18H30F3N. The molecule has 0 radical (unpaired) electrons. The molecule has 0 aromatic rings. The molecule has 0 aromatic carbocycles. The first-order chi connectivity index (χ1) is 10.4. The van der Waals surface area contributed by atoms with Crippen molar-refractivity contribution in [1.82, 2.24) is 4.90 Å². The third-order valence-corrected chi connectivity index (χ3v) is 4.46. The van der Waals surface area contributed by atoms with E-state index in [0.717, 1.165) is 39.3 Å². The van der Waals surface area contributed by atoms with Crippen LogP contribution in [0.15, 0.2) is 23.6 Å². The Morgan fingerprint density at radius 1 is 1.27 bits per heavy atom. The number of allylic oxidation sites excluding steroid dienone is 3. The maximum Gasteiger partial charge on any atom is 0.246 e. The Bertz CT molecular complexity index is 396. The predicted molar refractivity (Wildman–Crippen MR) is 86.9 cm³/mol. The van der Waals surface area contributed by atoms with E-state index in [1.807, 2.05) is 26.8 Å². The first-order valence-electron chi connectivity index (χ1n) is 8.56. The maximum absolute atomic E-state index is 13.2. The number of hydrogen-bond acceptors (Lipinski definition) is 1. The minimum Gasteiger partial charge on any atom is -0.300 e. The average molecular weight is 317 g/mol. The zero-order chi connectivity index (χ0) is 16.8. The molecule has 1 aliphatic carbocycles. The smallest absolute Gasteiger partial charge is 0.246 e. The van der Waals surface area contributed by atoms with Crippen LogP contribution in [0.25, 0.3) is 0 Å². The highest BCUT2D eigenvalue weighted by atomic mass is 19.3. The summed E-state index contributed by atoms with van der Waals surface area (Å²) in [6, 6.07) is -0.0449. The summed E-state index contributed by atoms with van der Waals surface area (Å²) in [5, 5.41) is 0. The molecule has 0 aromatic heterocycles. The van der Waals surface area contributed by atoms with Crippen LogP contribution in [0, 0.1) is 5.92 Å². The van der Waals surface area contributed by atoms with E-state index >= 15 is 0 Å². The Kier molecular flexibility index (Phi) is 7.67. The molecule has 2 aliphatic rings. The number of alkyl halides is 2. The van der Waals surface area contributed by atoms with E-state index in [4.69, 9.17) is 0 Å². The Hall–Kier alpha value is -0.770. The number of rotatable bonds is 5. The third kappa shape index (κ3) is 5.79. The van der Waals surface area contributed by atoms with Crippen molar-refractivity contribution in [2.45, 2.75) is 71.8 Å². The van der Waals surface area contributed by atoms with Crippen molar-refractivity contribution in [2.75, 3.05) is 13.1 Å². The van der Waals surface area contributed by atoms with Crippen molar-refractivity contribution in [3.63, 3.8) is 0 Å². The van der Waals surface area contributed by atoms with Gasteiger partial charge in [0.25, 0.3) is 0 Å². The van der Waals surface area contributed by atoms with Gasteiger partial charge in [0.05, 0.1) is 0 Å². The van der Waals surface area contributed by atoms with E-state index in [0.29, 0.717) is 12.3 Å². The van der Waals surface area contributed by atoms with Crippen LogP contribution in [0.5, 0.6) is 0 Å². The fraction of sp³-hybridized carbons (Fsp3) is 0.778. The molecule has 0 N–H and O–H groups in total. The fourth-order valence-electron chi connectivity index (χ4n) is 3.34. The van der Waals surface area contributed by atoms with Gasteiger partial charge in [0.1, 0.15) is 5.83 Å². The highest BCUT2D eigenvalue weighted by molar-refractivity contribution is 5.23. The molecule has 2 rings (SSSR count). The maximum atomic E-state index is 13.2. The van der Waals surface area contributed by atoms with Crippen molar-refractivity contribution in [3.05, 3.63) is 23.6 Å². The standard InChI is InChI=1S/C16H24F3N.C2H6/c1-3-15(10-16(2,18)19)20-9-8-13(11-20)12-4-6-14(17)7-5-12;1-2/h4,6,13,15H,3,5,7-11H2,1-2H3;1-2H3. The predicted octanol–water partition coefficient (Wildman–Crippen LogP) is 5.73. The Labute approximate surface area is 133 Å². The highest BCUT2D eigenvalue weighted by Crippen LogP contribution is 2.34. The molecule has 2 unspecified atom stereocenters. The van der Waals surface area contributed by atoms with Crippen LogP contribution in [-0.4, -0.2) is 30.0 Å². The molecule has 0 saturated carbocycles. The van der Waals surface area contributed by atoms with Crippen molar-refractivity contribution in [1.29, 1.82) is 0 Å². The first kappa shape index (κ1) is 19.3. The lowest BCUT2D eigenvalue weighted by Crippen LogP contribution is -2.37.